The summed E-state index contributed by atoms with van der Waals surface area (Å²) in [7, 11) is 0. The topological polar surface area (TPSA) is 99.7 Å². The number of carbonyl (C=O) groups is 2. The molecule has 1 saturated heterocycles. The molecular weight excluding hydrogens is 396 g/mol. The zero-order chi connectivity index (χ0) is 22.1. The van der Waals surface area contributed by atoms with E-state index in [2.05, 4.69) is 4.98 Å². The standard InChI is InChI=1S/C23H24N2O3.CH2O2/c26-21-12-10-18(15-24-21)23-19-8-4-3-7-17(19)9-11-20(23)28-16-22(27)25-13-5-1-2-6-14-25;2-1-3/h3-4,7-12,15H,1-2,5-6,13-14,16H2,(H,24,26);1H,(H,2,3). The van der Waals surface area contributed by atoms with Crippen LogP contribution in [0.15, 0.2) is 59.5 Å². The van der Waals surface area contributed by atoms with Crippen molar-refractivity contribution in [2.75, 3.05) is 19.7 Å². The van der Waals surface area contributed by atoms with Crippen LogP contribution in [-0.2, 0) is 9.59 Å². The Bertz CT molecular complexity index is 1060. The van der Waals surface area contributed by atoms with Crippen molar-refractivity contribution in [3.63, 3.8) is 0 Å². The molecule has 31 heavy (non-hydrogen) atoms. The van der Waals surface area contributed by atoms with Gasteiger partial charge in [-0.1, -0.05) is 43.2 Å². The van der Waals surface area contributed by atoms with E-state index in [1.165, 1.54) is 18.9 Å². The van der Waals surface area contributed by atoms with Crippen molar-refractivity contribution in [2.45, 2.75) is 25.7 Å². The number of benzene rings is 2. The Kier molecular flexibility index (Phi) is 7.81. The van der Waals surface area contributed by atoms with E-state index in [-0.39, 0.29) is 24.5 Å². The van der Waals surface area contributed by atoms with Crippen molar-refractivity contribution in [2.24, 2.45) is 0 Å². The average molecular weight is 422 g/mol. The van der Waals surface area contributed by atoms with Gasteiger partial charge < -0.3 is 19.7 Å². The van der Waals surface area contributed by atoms with Crippen LogP contribution in [0.2, 0.25) is 0 Å². The van der Waals surface area contributed by atoms with Crippen LogP contribution in [0.3, 0.4) is 0 Å². The quantitative estimate of drug-likeness (QED) is 0.625. The molecule has 0 unspecified atom stereocenters. The highest BCUT2D eigenvalue weighted by molar-refractivity contribution is 5.99. The van der Waals surface area contributed by atoms with Gasteiger partial charge in [0.1, 0.15) is 5.75 Å². The van der Waals surface area contributed by atoms with E-state index in [4.69, 9.17) is 14.6 Å². The lowest BCUT2D eigenvalue weighted by Gasteiger charge is -2.21. The summed E-state index contributed by atoms with van der Waals surface area (Å²) >= 11 is 0. The van der Waals surface area contributed by atoms with Crippen LogP contribution in [-0.4, -0.2) is 47.1 Å². The third kappa shape index (κ3) is 5.72. The van der Waals surface area contributed by atoms with Gasteiger partial charge in [0.25, 0.3) is 12.4 Å². The normalized spacial score (nSPS) is 13.6. The largest absolute Gasteiger partial charge is 0.483 e. The second-order valence-corrected chi connectivity index (χ2v) is 7.29. The summed E-state index contributed by atoms with van der Waals surface area (Å²) in [5.74, 6) is 0.677. The van der Waals surface area contributed by atoms with E-state index >= 15 is 0 Å². The zero-order valence-electron chi connectivity index (χ0n) is 17.3. The summed E-state index contributed by atoms with van der Waals surface area (Å²) in [6, 6.07) is 15.2. The van der Waals surface area contributed by atoms with E-state index < -0.39 is 0 Å². The molecular formula is C24H26N2O5. The van der Waals surface area contributed by atoms with Crippen LogP contribution in [0.25, 0.3) is 21.9 Å². The lowest BCUT2D eigenvalue weighted by Crippen LogP contribution is -2.35. The molecule has 1 aromatic heterocycles. The number of aromatic nitrogens is 1. The number of carbonyl (C=O) groups excluding carboxylic acids is 1. The second-order valence-electron chi connectivity index (χ2n) is 7.29. The Morgan fingerprint density at radius 1 is 1.03 bits per heavy atom. The number of pyridine rings is 1. The molecule has 0 bridgehead atoms. The summed E-state index contributed by atoms with van der Waals surface area (Å²) in [6.07, 6.45) is 6.18. The summed E-state index contributed by atoms with van der Waals surface area (Å²) < 4.78 is 6.00. The third-order valence-corrected chi connectivity index (χ3v) is 5.27. The van der Waals surface area contributed by atoms with Gasteiger partial charge in [0.2, 0.25) is 5.56 Å². The average Bonchev–Trinajstić information content (AvgIpc) is 3.08. The maximum atomic E-state index is 12.6. The van der Waals surface area contributed by atoms with Crippen molar-refractivity contribution in [3.8, 4) is 16.9 Å². The molecule has 0 spiro atoms. The number of hydrogen-bond donors (Lipinski definition) is 2. The number of nitrogens with one attached hydrogen (secondary N) is 1. The van der Waals surface area contributed by atoms with Crippen LogP contribution in [0.1, 0.15) is 25.7 Å². The minimum Gasteiger partial charge on any atom is -0.483 e. The van der Waals surface area contributed by atoms with Crippen molar-refractivity contribution in [3.05, 3.63) is 65.1 Å². The van der Waals surface area contributed by atoms with Gasteiger partial charge >= 0.3 is 0 Å². The van der Waals surface area contributed by atoms with Crippen molar-refractivity contribution in [1.82, 2.24) is 9.88 Å². The molecule has 7 heteroatoms. The minimum atomic E-state index is -0.250. The number of ether oxygens (including phenoxy) is 1. The highest BCUT2D eigenvalue weighted by Crippen LogP contribution is 2.36. The lowest BCUT2D eigenvalue weighted by molar-refractivity contribution is -0.133. The van der Waals surface area contributed by atoms with Crippen molar-refractivity contribution < 1.29 is 19.4 Å². The number of fused-ring (bicyclic) bond motifs is 1. The molecule has 3 aromatic rings. The third-order valence-electron chi connectivity index (χ3n) is 5.27. The fourth-order valence-electron chi connectivity index (χ4n) is 3.79. The maximum Gasteiger partial charge on any atom is 0.290 e. The predicted octanol–water partition coefficient (Wildman–Crippen LogP) is 3.68. The molecule has 4 rings (SSSR count). The second kappa shape index (κ2) is 11.0. The number of carboxylic acid groups (broad SMARTS) is 1. The Morgan fingerprint density at radius 2 is 1.74 bits per heavy atom. The predicted molar refractivity (Wildman–Crippen MR) is 119 cm³/mol. The van der Waals surface area contributed by atoms with E-state index in [9.17, 15) is 9.59 Å². The number of rotatable bonds is 4. The Labute approximate surface area is 180 Å². The van der Waals surface area contributed by atoms with E-state index in [1.54, 1.807) is 12.3 Å². The number of aromatic amines is 1. The minimum absolute atomic E-state index is 0.0225. The highest BCUT2D eigenvalue weighted by Gasteiger charge is 2.18. The van der Waals surface area contributed by atoms with Gasteiger partial charge in [-0.3, -0.25) is 14.4 Å². The van der Waals surface area contributed by atoms with Gasteiger partial charge in [0.15, 0.2) is 6.61 Å². The van der Waals surface area contributed by atoms with Gasteiger partial charge in [0.05, 0.1) is 0 Å². The van der Waals surface area contributed by atoms with Gasteiger partial charge in [-0.05, 0) is 35.7 Å². The van der Waals surface area contributed by atoms with Gasteiger partial charge in [-0.15, -0.1) is 0 Å². The number of H-pyrrole nitrogens is 1. The molecule has 162 valence electrons. The molecule has 0 atom stereocenters. The first kappa shape index (κ1) is 22.1. The first-order valence-corrected chi connectivity index (χ1v) is 10.3. The Morgan fingerprint density at radius 3 is 2.42 bits per heavy atom. The van der Waals surface area contributed by atoms with Crippen LogP contribution >= 0.6 is 0 Å². The molecule has 2 heterocycles. The molecule has 0 aliphatic carbocycles. The Hall–Kier alpha value is -3.61. The fourth-order valence-corrected chi connectivity index (χ4v) is 3.79. The molecule has 1 aliphatic rings. The molecule has 7 nitrogen and oxygen atoms in total. The molecule has 2 N–H and O–H groups in total. The number of nitrogens with zero attached hydrogens (tertiary/aromatic N) is 1. The smallest absolute Gasteiger partial charge is 0.290 e. The van der Waals surface area contributed by atoms with Crippen LogP contribution in [0.5, 0.6) is 5.75 Å². The molecule has 2 aromatic carbocycles. The van der Waals surface area contributed by atoms with Gasteiger partial charge in [-0.25, -0.2) is 0 Å². The molecule has 1 fully saturated rings. The first-order chi connectivity index (χ1) is 15.1. The van der Waals surface area contributed by atoms with Crippen molar-refractivity contribution >= 4 is 23.2 Å². The van der Waals surface area contributed by atoms with E-state index in [1.807, 2.05) is 41.3 Å². The van der Waals surface area contributed by atoms with Gasteiger partial charge in [0, 0.05) is 36.5 Å². The maximum absolute atomic E-state index is 12.6. The van der Waals surface area contributed by atoms with E-state index in [0.717, 1.165) is 47.8 Å². The number of likely N-dealkylation sites (tertiary alicyclic amines) is 1. The summed E-state index contributed by atoms with van der Waals surface area (Å²) in [5.41, 5.74) is 1.59. The fraction of sp³-hybridized carbons (Fsp3) is 0.292. The molecule has 1 aliphatic heterocycles. The summed E-state index contributed by atoms with van der Waals surface area (Å²) in [4.78, 5) is 37.1. The summed E-state index contributed by atoms with van der Waals surface area (Å²) in [6.45, 7) is 1.40. The zero-order valence-corrected chi connectivity index (χ0v) is 17.3. The van der Waals surface area contributed by atoms with E-state index in [0.29, 0.717) is 5.75 Å². The molecule has 1 amide bonds. The first-order valence-electron chi connectivity index (χ1n) is 10.3. The van der Waals surface area contributed by atoms with Crippen LogP contribution in [0.4, 0.5) is 0 Å². The number of hydrogen-bond acceptors (Lipinski definition) is 4. The monoisotopic (exact) mass is 422 g/mol. The Balaban J connectivity index is 0.000000858. The SMILES string of the molecule is O=C(COc1ccc2ccccc2c1-c1ccc(=O)[nH]c1)N1CCCCCC1.O=CO. The van der Waals surface area contributed by atoms with Gasteiger partial charge in [-0.2, -0.15) is 0 Å². The molecule has 0 saturated carbocycles. The highest BCUT2D eigenvalue weighted by atomic mass is 16.5. The van der Waals surface area contributed by atoms with Crippen molar-refractivity contribution in [1.29, 1.82) is 0 Å². The van der Waals surface area contributed by atoms with Crippen LogP contribution in [0, 0.1) is 0 Å². The number of amides is 1. The lowest BCUT2D eigenvalue weighted by atomic mass is 9.98. The van der Waals surface area contributed by atoms with Crippen LogP contribution < -0.4 is 10.3 Å². The molecule has 0 radical (unpaired) electrons. The summed E-state index contributed by atoms with van der Waals surface area (Å²) in [5, 5.41) is 8.99.